The van der Waals surface area contributed by atoms with Crippen LogP contribution in [0.15, 0.2) is 18.2 Å². The van der Waals surface area contributed by atoms with Crippen molar-refractivity contribution in [1.82, 2.24) is 10.2 Å². The first kappa shape index (κ1) is 15.1. The largest absolute Gasteiger partial charge is 0.492 e. The minimum absolute atomic E-state index is 0.546. The van der Waals surface area contributed by atoms with Crippen LogP contribution in [-0.4, -0.2) is 44.2 Å². The fourth-order valence-electron chi connectivity index (χ4n) is 3.48. The molecule has 2 aliphatic heterocycles. The van der Waals surface area contributed by atoms with Crippen LogP contribution in [0.1, 0.15) is 37.2 Å². The van der Waals surface area contributed by atoms with Gasteiger partial charge in [0.2, 0.25) is 0 Å². The van der Waals surface area contributed by atoms with Gasteiger partial charge in [-0.05, 0) is 76.0 Å². The van der Waals surface area contributed by atoms with E-state index in [0.29, 0.717) is 12.0 Å². The van der Waals surface area contributed by atoms with E-state index in [1.165, 1.54) is 37.8 Å². The van der Waals surface area contributed by atoms with E-state index >= 15 is 0 Å². The molecule has 0 unspecified atom stereocenters. The summed E-state index contributed by atoms with van der Waals surface area (Å²) in [5.74, 6) is 1.59. The average Bonchev–Trinajstić information content (AvgIpc) is 2.91. The van der Waals surface area contributed by atoms with Gasteiger partial charge in [-0.15, -0.1) is 0 Å². The summed E-state index contributed by atoms with van der Waals surface area (Å²) in [7, 11) is 2.19. The number of piperidine rings is 1. The number of rotatable bonds is 4. The summed E-state index contributed by atoms with van der Waals surface area (Å²) in [6, 6.07) is 6.69. The lowest BCUT2D eigenvalue weighted by Gasteiger charge is -2.26. The van der Waals surface area contributed by atoms with E-state index in [4.69, 9.17) is 16.3 Å². The first-order valence-corrected chi connectivity index (χ1v) is 8.45. The topological polar surface area (TPSA) is 24.5 Å². The van der Waals surface area contributed by atoms with Crippen LogP contribution >= 0.6 is 11.6 Å². The van der Waals surface area contributed by atoms with E-state index in [0.717, 1.165) is 30.5 Å². The molecule has 0 saturated carbocycles. The van der Waals surface area contributed by atoms with E-state index in [-0.39, 0.29) is 0 Å². The Morgan fingerprint density at radius 2 is 2.10 bits per heavy atom. The summed E-state index contributed by atoms with van der Waals surface area (Å²) in [6.45, 7) is 4.15. The molecule has 3 nitrogen and oxygen atoms in total. The Bertz CT molecular complexity index is 474. The molecule has 0 amide bonds. The van der Waals surface area contributed by atoms with Crippen molar-refractivity contribution in [2.24, 2.45) is 0 Å². The van der Waals surface area contributed by atoms with Gasteiger partial charge in [0.05, 0.1) is 0 Å². The zero-order valence-corrected chi connectivity index (χ0v) is 13.5. The first-order valence-electron chi connectivity index (χ1n) is 8.07. The molecule has 0 bridgehead atoms. The summed E-state index contributed by atoms with van der Waals surface area (Å²) in [6.07, 6.45) is 4.88. The maximum atomic E-state index is 6.18. The van der Waals surface area contributed by atoms with Crippen LogP contribution in [0.2, 0.25) is 5.02 Å². The highest BCUT2D eigenvalue weighted by Gasteiger charge is 2.23. The molecular weight excluding hydrogens is 284 g/mol. The van der Waals surface area contributed by atoms with Gasteiger partial charge in [-0.1, -0.05) is 17.7 Å². The smallest absolute Gasteiger partial charge is 0.124 e. The molecule has 3 rings (SSSR count). The number of likely N-dealkylation sites (tertiary alicyclic amines) is 1. The van der Waals surface area contributed by atoms with E-state index in [2.05, 4.69) is 23.3 Å². The third-order valence-corrected chi connectivity index (χ3v) is 5.09. The maximum Gasteiger partial charge on any atom is 0.124 e. The summed E-state index contributed by atoms with van der Waals surface area (Å²) in [5.41, 5.74) is 1.33. The van der Waals surface area contributed by atoms with Crippen LogP contribution in [0, 0.1) is 0 Å². The summed E-state index contributed by atoms with van der Waals surface area (Å²) in [4.78, 5) is 2.40. The van der Waals surface area contributed by atoms with E-state index in [9.17, 15) is 0 Å². The Morgan fingerprint density at radius 1 is 1.29 bits per heavy atom. The van der Waals surface area contributed by atoms with Crippen molar-refractivity contribution in [3.8, 4) is 5.75 Å². The second-order valence-corrected chi connectivity index (χ2v) is 6.73. The van der Waals surface area contributed by atoms with Gasteiger partial charge in [0.25, 0.3) is 0 Å². The Morgan fingerprint density at radius 3 is 2.81 bits per heavy atom. The highest BCUT2D eigenvalue weighted by Crippen LogP contribution is 2.35. The van der Waals surface area contributed by atoms with Crippen molar-refractivity contribution in [2.75, 3.05) is 33.3 Å². The number of hydrogen-bond donors (Lipinski definition) is 1. The third-order valence-electron chi connectivity index (χ3n) is 4.86. The van der Waals surface area contributed by atoms with Gasteiger partial charge < -0.3 is 15.0 Å². The number of likely N-dealkylation sites (N-methyl/N-ethyl adjacent to an activating group) is 1. The second kappa shape index (κ2) is 6.99. The Hall–Kier alpha value is -0.770. The van der Waals surface area contributed by atoms with E-state index in [1.54, 1.807) is 0 Å². The molecule has 1 N–H and O–H groups in total. The molecule has 21 heavy (non-hydrogen) atoms. The molecule has 1 atom stereocenters. The van der Waals surface area contributed by atoms with Crippen molar-refractivity contribution in [3.63, 3.8) is 0 Å². The van der Waals surface area contributed by atoms with Crippen LogP contribution in [0.4, 0.5) is 0 Å². The molecule has 0 aromatic heterocycles. The highest BCUT2D eigenvalue weighted by atomic mass is 35.5. The molecule has 4 heteroatoms. The van der Waals surface area contributed by atoms with Gasteiger partial charge in [0.15, 0.2) is 0 Å². The molecule has 2 fully saturated rings. The van der Waals surface area contributed by atoms with Gasteiger partial charge >= 0.3 is 0 Å². The Balaban J connectivity index is 1.71. The lowest BCUT2D eigenvalue weighted by atomic mass is 9.89. The minimum atomic E-state index is 0.546. The van der Waals surface area contributed by atoms with Crippen LogP contribution in [0.25, 0.3) is 0 Å². The van der Waals surface area contributed by atoms with Crippen molar-refractivity contribution in [1.29, 1.82) is 0 Å². The SMILES string of the molecule is CN1CCC[C@@H]1COc1cc(Cl)ccc1C1CCNCC1. The van der Waals surface area contributed by atoms with Crippen molar-refractivity contribution < 1.29 is 4.74 Å². The number of nitrogens with one attached hydrogen (secondary N) is 1. The molecule has 2 heterocycles. The van der Waals surface area contributed by atoms with Gasteiger partial charge in [0.1, 0.15) is 12.4 Å². The highest BCUT2D eigenvalue weighted by molar-refractivity contribution is 6.30. The number of benzene rings is 1. The predicted octanol–water partition coefficient (Wildman–Crippen LogP) is 3.28. The summed E-state index contributed by atoms with van der Waals surface area (Å²) < 4.78 is 6.18. The van der Waals surface area contributed by atoms with Gasteiger partial charge in [0, 0.05) is 11.1 Å². The molecule has 1 aromatic rings. The molecule has 2 aliphatic rings. The second-order valence-electron chi connectivity index (χ2n) is 6.29. The van der Waals surface area contributed by atoms with E-state index < -0.39 is 0 Å². The fourth-order valence-corrected chi connectivity index (χ4v) is 3.64. The number of nitrogens with zero attached hydrogens (tertiary/aromatic N) is 1. The van der Waals surface area contributed by atoms with Crippen molar-refractivity contribution in [2.45, 2.75) is 37.6 Å². The normalized spacial score (nSPS) is 24.4. The van der Waals surface area contributed by atoms with Crippen LogP contribution in [-0.2, 0) is 0 Å². The quantitative estimate of drug-likeness (QED) is 0.924. The van der Waals surface area contributed by atoms with Gasteiger partial charge in [-0.3, -0.25) is 0 Å². The molecule has 1 aromatic carbocycles. The molecule has 0 spiro atoms. The summed E-state index contributed by atoms with van der Waals surface area (Å²) >= 11 is 6.18. The predicted molar refractivity (Wildman–Crippen MR) is 87.4 cm³/mol. The zero-order chi connectivity index (χ0) is 14.7. The van der Waals surface area contributed by atoms with Crippen LogP contribution in [0.5, 0.6) is 5.75 Å². The molecule has 116 valence electrons. The fraction of sp³-hybridized carbons (Fsp3) is 0.647. The van der Waals surface area contributed by atoms with Crippen LogP contribution in [0.3, 0.4) is 0 Å². The van der Waals surface area contributed by atoms with Crippen molar-refractivity contribution >= 4 is 11.6 Å². The zero-order valence-electron chi connectivity index (χ0n) is 12.8. The van der Waals surface area contributed by atoms with Crippen molar-refractivity contribution in [3.05, 3.63) is 28.8 Å². The maximum absolute atomic E-state index is 6.18. The molecule has 2 saturated heterocycles. The van der Waals surface area contributed by atoms with Crippen LogP contribution < -0.4 is 10.1 Å². The van der Waals surface area contributed by atoms with E-state index in [1.807, 2.05) is 12.1 Å². The molecule has 0 aliphatic carbocycles. The monoisotopic (exact) mass is 308 g/mol. The summed E-state index contributed by atoms with van der Waals surface area (Å²) in [5, 5.41) is 4.19. The molecular formula is C17H25ClN2O. The number of halogens is 1. The third kappa shape index (κ3) is 3.71. The Labute approximate surface area is 132 Å². The van der Waals surface area contributed by atoms with Gasteiger partial charge in [-0.2, -0.15) is 0 Å². The lowest BCUT2D eigenvalue weighted by molar-refractivity contribution is 0.196. The number of hydrogen-bond acceptors (Lipinski definition) is 3. The number of ether oxygens (including phenoxy) is 1. The Kier molecular flexibility index (Phi) is 5.04. The standard InChI is InChI=1S/C17H25ClN2O/c1-20-10-2-3-15(20)12-21-17-11-14(18)4-5-16(17)13-6-8-19-9-7-13/h4-5,11,13,15,19H,2-3,6-10,12H2,1H3/t15-/m1/s1. The lowest BCUT2D eigenvalue weighted by Crippen LogP contribution is -2.31. The molecule has 0 radical (unpaired) electrons. The minimum Gasteiger partial charge on any atom is -0.492 e. The van der Waals surface area contributed by atoms with Gasteiger partial charge in [-0.25, -0.2) is 0 Å². The average molecular weight is 309 g/mol. The first-order chi connectivity index (χ1) is 10.2.